The minimum Gasteiger partial charge on any atom is -0.464 e. The van der Waals surface area contributed by atoms with Crippen molar-refractivity contribution in [1.82, 2.24) is 5.48 Å². The lowest BCUT2D eigenvalue weighted by molar-refractivity contribution is -0.151. The smallest absolute Gasteiger partial charge is 0.334 e. The van der Waals surface area contributed by atoms with E-state index in [2.05, 4.69) is 15.1 Å². The maximum Gasteiger partial charge on any atom is 0.334 e. The number of hydroxylamine groups is 1. The molecule has 0 atom stereocenters. The SMILES string of the molecule is CCCOC(=O)CONC. The lowest BCUT2D eigenvalue weighted by Gasteiger charge is -2.01. The molecule has 0 spiro atoms. The Morgan fingerprint density at radius 1 is 1.60 bits per heavy atom. The maximum absolute atomic E-state index is 10.6. The molecule has 0 saturated carbocycles. The first-order valence-corrected chi connectivity index (χ1v) is 3.25. The van der Waals surface area contributed by atoms with Crippen molar-refractivity contribution >= 4 is 5.97 Å². The number of hydrogen-bond donors (Lipinski definition) is 1. The Morgan fingerprint density at radius 2 is 2.30 bits per heavy atom. The predicted molar refractivity (Wildman–Crippen MR) is 36.3 cm³/mol. The van der Waals surface area contributed by atoms with E-state index >= 15 is 0 Å². The molecular formula is C6H13NO3. The standard InChI is InChI=1S/C6H13NO3/c1-3-4-9-6(8)5-10-7-2/h7H,3-5H2,1-2H3. The predicted octanol–water partition coefficient (Wildman–Crippen LogP) is 0.0906. The van der Waals surface area contributed by atoms with Gasteiger partial charge in [-0.05, 0) is 6.42 Å². The van der Waals surface area contributed by atoms with Crippen molar-refractivity contribution in [3.63, 3.8) is 0 Å². The third kappa shape index (κ3) is 5.53. The normalized spacial score (nSPS) is 9.40. The summed E-state index contributed by atoms with van der Waals surface area (Å²) in [5, 5.41) is 0. The molecule has 0 fully saturated rings. The van der Waals surface area contributed by atoms with E-state index in [-0.39, 0.29) is 12.6 Å². The molecule has 0 saturated heterocycles. The molecule has 0 aromatic heterocycles. The Bertz CT molecular complexity index is 85.0. The van der Waals surface area contributed by atoms with Gasteiger partial charge in [0.25, 0.3) is 0 Å². The first-order valence-electron chi connectivity index (χ1n) is 3.25. The third-order valence-electron chi connectivity index (χ3n) is 0.802. The molecule has 1 N–H and O–H groups in total. The number of hydrogen-bond acceptors (Lipinski definition) is 4. The first kappa shape index (κ1) is 9.39. The van der Waals surface area contributed by atoms with Gasteiger partial charge in [-0.25, -0.2) is 10.3 Å². The fourth-order valence-electron chi connectivity index (χ4n) is 0.389. The van der Waals surface area contributed by atoms with Crippen LogP contribution in [0.15, 0.2) is 0 Å². The van der Waals surface area contributed by atoms with Gasteiger partial charge < -0.3 is 4.74 Å². The lowest BCUT2D eigenvalue weighted by Crippen LogP contribution is -2.18. The molecule has 0 aromatic carbocycles. The van der Waals surface area contributed by atoms with Crippen molar-refractivity contribution in [1.29, 1.82) is 0 Å². The summed E-state index contributed by atoms with van der Waals surface area (Å²) in [6, 6.07) is 0. The van der Waals surface area contributed by atoms with Crippen molar-refractivity contribution in [3.8, 4) is 0 Å². The van der Waals surface area contributed by atoms with Crippen LogP contribution in [0.3, 0.4) is 0 Å². The van der Waals surface area contributed by atoms with Crippen LogP contribution in [-0.4, -0.2) is 26.2 Å². The van der Waals surface area contributed by atoms with Gasteiger partial charge >= 0.3 is 5.97 Å². The summed E-state index contributed by atoms with van der Waals surface area (Å²) in [7, 11) is 1.59. The van der Waals surface area contributed by atoms with Crippen LogP contribution in [0, 0.1) is 0 Å². The second kappa shape index (κ2) is 6.51. The van der Waals surface area contributed by atoms with Crippen molar-refractivity contribution in [2.45, 2.75) is 13.3 Å². The van der Waals surface area contributed by atoms with Crippen LogP contribution in [-0.2, 0) is 14.4 Å². The summed E-state index contributed by atoms with van der Waals surface area (Å²) < 4.78 is 4.69. The van der Waals surface area contributed by atoms with Crippen LogP contribution in [0.25, 0.3) is 0 Å². The number of esters is 1. The van der Waals surface area contributed by atoms with Crippen LogP contribution in [0.1, 0.15) is 13.3 Å². The van der Waals surface area contributed by atoms with E-state index in [0.717, 1.165) is 6.42 Å². The fraction of sp³-hybridized carbons (Fsp3) is 0.833. The highest BCUT2D eigenvalue weighted by molar-refractivity contribution is 5.70. The quantitative estimate of drug-likeness (QED) is 0.442. The molecule has 60 valence electrons. The van der Waals surface area contributed by atoms with E-state index in [9.17, 15) is 4.79 Å². The van der Waals surface area contributed by atoms with Crippen molar-refractivity contribution < 1.29 is 14.4 Å². The molecule has 0 bridgehead atoms. The van der Waals surface area contributed by atoms with Crippen LogP contribution in [0.4, 0.5) is 0 Å². The van der Waals surface area contributed by atoms with E-state index < -0.39 is 0 Å². The molecular weight excluding hydrogens is 134 g/mol. The summed E-state index contributed by atoms with van der Waals surface area (Å²) in [5.41, 5.74) is 2.37. The molecule has 4 nitrogen and oxygen atoms in total. The maximum atomic E-state index is 10.6. The molecule has 0 aliphatic rings. The Hall–Kier alpha value is -0.610. The molecule has 0 unspecified atom stereocenters. The number of carbonyl (C=O) groups is 1. The Morgan fingerprint density at radius 3 is 2.80 bits per heavy atom. The second-order valence-electron chi connectivity index (χ2n) is 1.71. The molecule has 0 aliphatic carbocycles. The van der Waals surface area contributed by atoms with Gasteiger partial charge in [0.15, 0.2) is 6.61 Å². The Labute approximate surface area is 60.5 Å². The van der Waals surface area contributed by atoms with E-state index in [1.807, 2.05) is 6.92 Å². The highest BCUT2D eigenvalue weighted by Crippen LogP contribution is 1.81. The summed E-state index contributed by atoms with van der Waals surface area (Å²) in [4.78, 5) is 15.1. The minimum atomic E-state index is -0.337. The van der Waals surface area contributed by atoms with Crippen LogP contribution in [0.5, 0.6) is 0 Å². The zero-order chi connectivity index (χ0) is 7.82. The molecule has 0 heterocycles. The zero-order valence-electron chi connectivity index (χ0n) is 6.35. The third-order valence-corrected chi connectivity index (χ3v) is 0.802. The minimum absolute atomic E-state index is 0.0312. The van der Waals surface area contributed by atoms with Gasteiger partial charge in [0.1, 0.15) is 0 Å². The zero-order valence-corrected chi connectivity index (χ0v) is 6.35. The number of carbonyl (C=O) groups excluding carboxylic acids is 1. The van der Waals surface area contributed by atoms with Gasteiger partial charge in [-0.1, -0.05) is 6.92 Å². The van der Waals surface area contributed by atoms with Gasteiger partial charge in [0.2, 0.25) is 0 Å². The Balaban J connectivity index is 3.09. The van der Waals surface area contributed by atoms with Gasteiger partial charge in [-0.15, -0.1) is 0 Å². The first-order chi connectivity index (χ1) is 4.81. The van der Waals surface area contributed by atoms with Crippen molar-refractivity contribution in [2.24, 2.45) is 0 Å². The average Bonchev–Trinajstić information content (AvgIpc) is 1.97. The summed E-state index contributed by atoms with van der Waals surface area (Å²) in [5.74, 6) is -0.337. The fourth-order valence-corrected chi connectivity index (χ4v) is 0.389. The average molecular weight is 147 g/mol. The number of ether oxygens (including phenoxy) is 1. The van der Waals surface area contributed by atoms with Crippen molar-refractivity contribution in [2.75, 3.05) is 20.3 Å². The molecule has 0 rings (SSSR count). The van der Waals surface area contributed by atoms with E-state index in [1.165, 1.54) is 0 Å². The van der Waals surface area contributed by atoms with E-state index in [1.54, 1.807) is 7.05 Å². The van der Waals surface area contributed by atoms with Gasteiger partial charge in [-0.3, -0.25) is 4.84 Å². The summed E-state index contributed by atoms with van der Waals surface area (Å²) >= 11 is 0. The van der Waals surface area contributed by atoms with E-state index in [0.29, 0.717) is 6.61 Å². The molecule has 4 heteroatoms. The topological polar surface area (TPSA) is 47.6 Å². The molecule has 0 radical (unpaired) electrons. The van der Waals surface area contributed by atoms with Crippen LogP contribution >= 0.6 is 0 Å². The van der Waals surface area contributed by atoms with Crippen molar-refractivity contribution in [3.05, 3.63) is 0 Å². The van der Waals surface area contributed by atoms with Gasteiger partial charge in [-0.2, -0.15) is 0 Å². The number of nitrogens with one attached hydrogen (secondary N) is 1. The highest BCUT2D eigenvalue weighted by atomic mass is 16.7. The molecule has 0 amide bonds. The van der Waals surface area contributed by atoms with Crippen LogP contribution < -0.4 is 5.48 Å². The summed E-state index contributed by atoms with van der Waals surface area (Å²) in [6.07, 6.45) is 0.839. The molecule has 0 aromatic rings. The number of rotatable bonds is 5. The van der Waals surface area contributed by atoms with Gasteiger partial charge in [0.05, 0.1) is 6.61 Å². The van der Waals surface area contributed by atoms with Gasteiger partial charge in [0, 0.05) is 7.05 Å². The lowest BCUT2D eigenvalue weighted by atomic mass is 10.5. The molecule has 10 heavy (non-hydrogen) atoms. The Kier molecular flexibility index (Phi) is 6.11. The summed E-state index contributed by atoms with van der Waals surface area (Å²) in [6.45, 7) is 2.37. The second-order valence-corrected chi connectivity index (χ2v) is 1.71. The largest absolute Gasteiger partial charge is 0.464 e. The van der Waals surface area contributed by atoms with Crippen LogP contribution in [0.2, 0.25) is 0 Å². The monoisotopic (exact) mass is 147 g/mol. The molecule has 0 aliphatic heterocycles. The highest BCUT2D eigenvalue weighted by Gasteiger charge is 1.99. The van der Waals surface area contributed by atoms with E-state index in [4.69, 9.17) is 0 Å².